The van der Waals surface area contributed by atoms with Gasteiger partial charge in [0.1, 0.15) is 5.69 Å². The van der Waals surface area contributed by atoms with Gasteiger partial charge in [0.2, 0.25) is 0 Å². The standard InChI is InChI=1S/C18H18F3NO2S/c1-4-5-12-6-8-13(9-7-12)25-15-11(2)16(18(19,20)21)22-10-14(15)17(23)24-3/h6-10H,4-5H2,1-3H3. The molecule has 2 rings (SSSR count). The highest BCUT2D eigenvalue weighted by Gasteiger charge is 2.36. The van der Waals surface area contributed by atoms with Crippen molar-refractivity contribution in [1.82, 2.24) is 4.98 Å². The summed E-state index contributed by atoms with van der Waals surface area (Å²) in [7, 11) is 1.18. The molecule has 0 bridgehead atoms. The van der Waals surface area contributed by atoms with E-state index in [1.807, 2.05) is 24.3 Å². The number of aryl methyl sites for hydroxylation is 1. The number of esters is 1. The van der Waals surface area contributed by atoms with Crippen LogP contribution in [0.15, 0.2) is 40.3 Å². The molecule has 25 heavy (non-hydrogen) atoms. The van der Waals surface area contributed by atoms with Crippen LogP contribution >= 0.6 is 11.8 Å². The molecule has 0 aliphatic heterocycles. The summed E-state index contributed by atoms with van der Waals surface area (Å²) in [5.41, 5.74) is 0.0985. The Bertz CT molecular complexity index is 758. The largest absolute Gasteiger partial charge is 0.465 e. The van der Waals surface area contributed by atoms with Crippen molar-refractivity contribution < 1.29 is 22.7 Å². The molecule has 1 heterocycles. The van der Waals surface area contributed by atoms with Crippen LogP contribution in [0, 0.1) is 6.92 Å². The van der Waals surface area contributed by atoms with Crippen molar-refractivity contribution in [1.29, 1.82) is 0 Å². The van der Waals surface area contributed by atoms with E-state index in [0.29, 0.717) is 0 Å². The maximum atomic E-state index is 13.1. The molecule has 1 aromatic carbocycles. The average Bonchev–Trinajstić information content (AvgIpc) is 2.56. The summed E-state index contributed by atoms with van der Waals surface area (Å²) < 4.78 is 44.1. The minimum Gasteiger partial charge on any atom is -0.465 e. The molecule has 0 atom stereocenters. The van der Waals surface area contributed by atoms with E-state index in [2.05, 4.69) is 16.6 Å². The van der Waals surface area contributed by atoms with Crippen molar-refractivity contribution in [2.75, 3.05) is 7.11 Å². The second kappa shape index (κ2) is 7.91. The molecule has 0 aliphatic carbocycles. The van der Waals surface area contributed by atoms with Gasteiger partial charge in [-0.2, -0.15) is 13.2 Å². The number of nitrogens with zero attached hydrogens (tertiary/aromatic N) is 1. The first-order valence-electron chi connectivity index (χ1n) is 7.69. The number of alkyl halides is 3. The van der Waals surface area contributed by atoms with E-state index in [1.54, 1.807) is 0 Å². The number of carbonyl (C=O) groups is 1. The summed E-state index contributed by atoms with van der Waals surface area (Å²) in [6.07, 6.45) is -1.71. The SMILES string of the molecule is CCCc1ccc(Sc2c(C(=O)OC)cnc(C(F)(F)F)c2C)cc1. The first-order chi connectivity index (χ1) is 11.8. The lowest BCUT2D eigenvalue weighted by Gasteiger charge is -2.15. The smallest absolute Gasteiger partial charge is 0.433 e. The predicted molar refractivity (Wildman–Crippen MR) is 89.9 cm³/mol. The Hall–Kier alpha value is -2.02. The molecule has 0 saturated heterocycles. The molecule has 0 spiro atoms. The molecule has 0 radical (unpaired) electrons. The van der Waals surface area contributed by atoms with Crippen LogP contribution in [0.2, 0.25) is 0 Å². The number of ether oxygens (including phenoxy) is 1. The van der Waals surface area contributed by atoms with E-state index < -0.39 is 17.8 Å². The van der Waals surface area contributed by atoms with Gasteiger partial charge in [0.25, 0.3) is 0 Å². The van der Waals surface area contributed by atoms with Crippen molar-refractivity contribution in [3.05, 3.63) is 52.8 Å². The number of carbonyl (C=O) groups excluding carboxylic acids is 1. The van der Waals surface area contributed by atoms with E-state index >= 15 is 0 Å². The van der Waals surface area contributed by atoms with Crippen molar-refractivity contribution in [3.8, 4) is 0 Å². The third kappa shape index (κ3) is 4.54. The second-order valence-electron chi connectivity index (χ2n) is 5.46. The Morgan fingerprint density at radius 3 is 2.40 bits per heavy atom. The first-order valence-corrected chi connectivity index (χ1v) is 8.51. The number of aromatic nitrogens is 1. The Labute approximate surface area is 148 Å². The molecule has 0 N–H and O–H groups in total. The third-order valence-electron chi connectivity index (χ3n) is 3.62. The van der Waals surface area contributed by atoms with Gasteiger partial charge in [0, 0.05) is 16.0 Å². The zero-order valence-electron chi connectivity index (χ0n) is 14.1. The Morgan fingerprint density at radius 1 is 1.24 bits per heavy atom. The minimum atomic E-state index is -4.58. The summed E-state index contributed by atoms with van der Waals surface area (Å²) >= 11 is 1.10. The van der Waals surface area contributed by atoms with Gasteiger partial charge >= 0.3 is 12.1 Å². The van der Waals surface area contributed by atoms with Crippen LogP contribution < -0.4 is 0 Å². The lowest BCUT2D eigenvalue weighted by atomic mass is 10.1. The number of hydrogen-bond donors (Lipinski definition) is 0. The number of halogens is 3. The third-order valence-corrected chi connectivity index (χ3v) is 4.86. The zero-order valence-corrected chi connectivity index (χ0v) is 14.9. The van der Waals surface area contributed by atoms with Gasteiger partial charge in [0.15, 0.2) is 0 Å². The molecule has 0 amide bonds. The van der Waals surface area contributed by atoms with Crippen LogP contribution in [-0.2, 0) is 17.3 Å². The van der Waals surface area contributed by atoms with E-state index in [0.717, 1.165) is 41.3 Å². The summed E-state index contributed by atoms with van der Waals surface area (Å²) in [6.45, 7) is 3.39. The van der Waals surface area contributed by atoms with Crippen molar-refractivity contribution in [2.24, 2.45) is 0 Å². The fraction of sp³-hybridized carbons (Fsp3) is 0.333. The zero-order chi connectivity index (χ0) is 18.6. The molecular formula is C18H18F3NO2S. The quantitative estimate of drug-likeness (QED) is 0.671. The predicted octanol–water partition coefficient (Wildman–Crippen LogP) is 5.30. The number of methoxy groups -OCH3 is 1. The Balaban J connectivity index is 2.47. The minimum absolute atomic E-state index is 0.0237. The molecule has 0 aliphatic rings. The van der Waals surface area contributed by atoms with Crippen LogP contribution in [0.1, 0.15) is 40.5 Å². The maximum absolute atomic E-state index is 13.1. The van der Waals surface area contributed by atoms with Crippen LogP contribution in [0.5, 0.6) is 0 Å². The Kier molecular flexibility index (Phi) is 6.11. The molecule has 134 valence electrons. The monoisotopic (exact) mass is 369 g/mol. The fourth-order valence-corrected chi connectivity index (χ4v) is 3.40. The molecule has 0 fully saturated rings. The lowest BCUT2D eigenvalue weighted by Crippen LogP contribution is -2.14. The summed E-state index contributed by atoms with van der Waals surface area (Å²) in [6, 6.07) is 7.55. The normalized spacial score (nSPS) is 11.4. The molecule has 3 nitrogen and oxygen atoms in total. The van der Waals surface area contributed by atoms with E-state index in [-0.39, 0.29) is 16.0 Å². The van der Waals surface area contributed by atoms with Crippen molar-refractivity contribution in [3.63, 3.8) is 0 Å². The van der Waals surface area contributed by atoms with E-state index in [1.165, 1.54) is 14.0 Å². The van der Waals surface area contributed by atoms with Gasteiger partial charge in [-0.1, -0.05) is 37.2 Å². The average molecular weight is 369 g/mol. The van der Waals surface area contributed by atoms with Gasteiger partial charge in [-0.3, -0.25) is 4.98 Å². The van der Waals surface area contributed by atoms with E-state index in [4.69, 9.17) is 0 Å². The van der Waals surface area contributed by atoms with Gasteiger partial charge < -0.3 is 4.74 Å². The van der Waals surface area contributed by atoms with Crippen molar-refractivity contribution in [2.45, 2.75) is 42.7 Å². The van der Waals surface area contributed by atoms with Gasteiger partial charge in [-0.05, 0) is 36.6 Å². The highest BCUT2D eigenvalue weighted by Crippen LogP contribution is 2.39. The summed E-state index contributed by atoms with van der Waals surface area (Å²) in [4.78, 5) is 16.3. The van der Waals surface area contributed by atoms with Gasteiger partial charge in [-0.25, -0.2) is 4.79 Å². The number of pyridine rings is 1. The number of benzene rings is 1. The molecule has 2 aromatic rings. The Morgan fingerprint density at radius 2 is 1.88 bits per heavy atom. The maximum Gasteiger partial charge on any atom is 0.433 e. The fourth-order valence-electron chi connectivity index (χ4n) is 2.40. The number of hydrogen-bond acceptors (Lipinski definition) is 4. The van der Waals surface area contributed by atoms with Gasteiger partial charge in [0.05, 0.1) is 12.7 Å². The lowest BCUT2D eigenvalue weighted by molar-refractivity contribution is -0.141. The summed E-state index contributed by atoms with van der Waals surface area (Å²) in [5, 5.41) is 0. The molecule has 1 aromatic heterocycles. The summed E-state index contributed by atoms with van der Waals surface area (Å²) in [5.74, 6) is -0.713. The van der Waals surface area contributed by atoms with Crippen LogP contribution in [0.4, 0.5) is 13.2 Å². The second-order valence-corrected chi connectivity index (χ2v) is 6.54. The highest BCUT2D eigenvalue weighted by molar-refractivity contribution is 7.99. The molecule has 7 heteroatoms. The number of rotatable bonds is 5. The van der Waals surface area contributed by atoms with E-state index in [9.17, 15) is 18.0 Å². The molecular weight excluding hydrogens is 351 g/mol. The molecule has 0 unspecified atom stereocenters. The van der Waals surface area contributed by atoms with Crippen LogP contribution in [0.3, 0.4) is 0 Å². The van der Waals surface area contributed by atoms with Crippen LogP contribution in [0.25, 0.3) is 0 Å². The van der Waals surface area contributed by atoms with Gasteiger partial charge in [-0.15, -0.1) is 0 Å². The first kappa shape index (κ1) is 19.3. The molecule has 0 saturated carbocycles. The van der Waals surface area contributed by atoms with Crippen molar-refractivity contribution >= 4 is 17.7 Å². The highest BCUT2D eigenvalue weighted by atomic mass is 32.2. The van der Waals surface area contributed by atoms with Crippen LogP contribution in [-0.4, -0.2) is 18.1 Å². The topological polar surface area (TPSA) is 39.2 Å².